The number of nitrogens with zero attached hydrogens (tertiary/aromatic N) is 6. The van der Waals surface area contributed by atoms with Crippen LogP contribution in [0.5, 0.6) is 11.5 Å². The van der Waals surface area contributed by atoms with E-state index >= 15 is 0 Å². The summed E-state index contributed by atoms with van der Waals surface area (Å²) in [4.78, 5) is 14.8. The van der Waals surface area contributed by atoms with Gasteiger partial charge < -0.3 is 23.7 Å². The molecule has 354 valence electrons. The maximum atomic E-state index is 7.07. The SMILES string of the molecule is CC(C)c1cccc(C(C)C)c1-c1cc(Oc2[c-]c3c(cc2)c2ccccc2n3-c2cc(C(C)(C)C)ccn2)[c-]c(N2[CH-]N(c3ccc(C(C)(C)C)cc3)c3cc4c(cc32)nc2n4CCCC2)c1.[Pt]. The van der Waals surface area contributed by atoms with E-state index in [0.717, 1.165) is 74.4 Å². The van der Waals surface area contributed by atoms with E-state index in [-0.39, 0.29) is 31.9 Å². The van der Waals surface area contributed by atoms with Crippen molar-refractivity contribution in [3.8, 4) is 28.4 Å². The first kappa shape index (κ1) is 46.6. The standard InChI is InChI=1S/C61H61N6O.Pt/c1-38(2)47-17-15-18-48(39(3)4)59(47)40-30-44(66-37-65(43-23-21-41(22-24-43)60(5,6)7)56-36-54-51(35-55(56)66)63-57-20-13-14-29-64(54)57)33-46(31-40)68-45-25-26-50-49-16-11-12-19-52(49)67(53(50)34-45)58-32-42(27-28-62-58)61(8,9)10;/h11-12,15-19,21-28,30-32,35-39H,13-14,20,29H2,1-10H3;/q-3;. The van der Waals surface area contributed by atoms with Gasteiger partial charge in [-0.15, -0.1) is 53.6 Å². The van der Waals surface area contributed by atoms with Crippen molar-refractivity contribution in [2.75, 3.05) is 9.80 Å². The zero-order chi connectivity index (χ0) is 47.2. The molecule has 0 aliphatic carbocycles. The molecule has 8 heteroatoms. The quantitative estimate of drug-likeness (QED) is 0.142. The van der Waals surface area contributed by atoms with Crippen molar-refractivity contribution in [1.29, 1.82) is 0 Å². The zero-order valence-electron chi connectivity index (χ0n) is 41.5. The molecule has 0 spiro atoms. The van der Waals surface area contributed by atoms with Crippen LogP contribution in [-0.2, 0) is 44.9 Å². The average Bonchev–Trinajstić information content (AvgIpc) is 3.99. The molecule has 69 heavy (non-hydrogen) atoms. The van der Waals surface area contributed by atoms with Crippen LogP contribution in [0.3, 0.4) is 0 Å². The van der Waals surface area contributed by atoms with E-state index in [1.165, 1.54) is 52.0 Å². The molecule has 0 saturated carbocycles. The second-order valence-electron chi connectivity index (χ2n) is 21.6. The first-order valence-corrected chi connectivity index (χ1v) is 24.5. The van der Waals surface area contributed by atoms with Crippen LogP contribution in [0.1, 0.15) is 122 Å². The summed E-state index contributed by atoms with van der Waals surface area (Å²) in [6.45, 7) is 25.9. The Bertz CT molecular complexity index is 3370. The monoisotopic (exact) mass is 1090 g/mol. The third-order valence-corrected chi connectivity index (χ3v) is 14.1. The molecule has 0 saturated heterocycles. The van der Waals surface area contributed by atoms with Crippen LogP contribution in [0.25, 0.3) is 49.8 Å². The number of pyridine rings is 1. The van der Waals surface area contributed by atoms with Gasteiger partial charge >= 0.3 is 0 Å². The molecular weight excluding hydrogens is 1030 g/mol. The number of aryl methyl sites for hydroxylation is 2. The van der Waals surface area contributed by atoms with Crippen molar-refractivity contribution in [2.24, 2.45) is 0 Å². The number of rotatable bonds is 8. The minimum atomic E-state index is -0.0398. The van der Waals surface area contributed by atoms with E-state index < -0.39 is 0 Å². The Morgan fingerprint density at radius 2 is 1.38 bits per heavy atom. The van der Waals surface area contributed by atoms with Crippen LogP contribution in [0.2, 0.25) is 0 Å². The van der Waals surface area contributed by atoms with Gasteiger partial charge in [-0.1, -0.05) is 123 Å². The molecule has 0 amide bonds. The fourth-order valence-electron chi connectivity index (χ4n) is 10.4. The van der Waals surface area contributed by atoms with Crippen LogP contribution >= 0.6 is 0 Å². The van der Waals surface area contributed by atoms with Crippen molar-refractivity contribution >= 4 is 55.6 Å². The summed E-state index contributed by atoms with van der Waals surface area (Å²) in [6, 6.07) is 49.5. The van der Waals surface area contributed by atoms with Crippen molar-refractivity contribution in [1.82, 2.24) is 19.1 Å². The van der Waals surface area contributed by atoms with E-state index in [9.17, 15) is 0 Å². The van der Waals surface area contributed by atoms with Crippen LogP contribution in [0, 0.1) is 18.8 Å². The molecule has 3 aromatic heterocycles. The molecule has 0 radical (unpaired) electrons. The molecule has 9 aromatic rings. The summed E-state index contributed by atoms with van der Waals surface area (Å²) in [5.41, 5.74) is 15.8. The van der Waals surface area contributed by atoms with Gasteiger partial charge in [0.05, 0.1) is 11.0 Å². The minimum Gasteiger partial charge on any atom is -0.509 e. The maximum Gasteiger partial charge on any atom is 0.135 e. The maximum absolute atomic E-state index is 7.07. The number of hydrogen-bond donors (Lipinski definition) is 0. The third kappa shape index (κ3) is 8.35. The molecule has 0 bridgehead atoms. The number of benzene rings is 6. The van der Waals surface area contributed by atoms with Gasteiger partial charge in [0.2, 0.25) is 0 Å². The first-order valence-electron chi connectivity index (χ1n) is 24.5. The van der Waals surface area contributed by atoms with Gasteiger partial charge in [-0.3, -0.25) is 0 Å². The van der Waals surface area contributed by atoms with Gasteiger partial charge in [0.1, 0.15) is 11.6 Å². The third-order valence-electron chi connectivity index (χ3n) is 14.1. The number of hydrogen-bond acceptors (Lipinski definition) is 5. The normalized spacial score (nSPS) is 14.0. The summed E-state index contributed by atoms with van der Waals surface area (Å²) in [6.07, 6.45) is 5.26. The molecule has 0 atom stereocenters. The van der Waals surface area contributed by atoms with E-state index in [1.54, 1.807) is 0 Å². The molecular formula is C61H61N6OPt-3. The van der Waals surface area contributed by atoms with Crippen molar-refractivity contribution < 1.29 is 25.8 Å². The largest absolute Gasteiger partial charge is 0.509 e. The topological polar surface area (TPSA) is 51.4 Å². The van der Waals surface area contributed by atoms with Gasteiger partial charge in [0.25, 0.3) is 0 Å². The molecule has 6 aromatic carbocycles. The smallest absolute Gasteiger partial charge is 0.135 e. The van der Waals surface area contributed by atoms with E-state index in [1.807, 2.05) is 12.3 Å². The molecule has 11 rings (SSSR count). The summed E-state index contributed by atoms with van der Waals surface area (Å²) in [7, 11) is 0. The molecule has 2 aliphatic heterocycles. The minimum absolute atomic E-state index is 0. The van der Waals surface area contributed by atoms with Crippen molar-refractivity contribution in [3.63, 3.8) is 0 Å². The molecule has 0 fully saturated rings. The summed E-state index contributed by atoms with van der Waals surface area (Å²) >= 11 is 0. The number of anilines is 4. The van der Waals surface area contributed by atoms with Crippen LogP contribution in [0.4, 0.5) is 22.7 Å². The van der Waals surface area contributed by atoms with Crippen LogP contribution in [-0.4, -0.2) is 19.1 Å². The number of ether oxygens (including phenoxy) is 1. The molecule has 2 aliphatic rings. The van der Waals surface area contributed by atoms with E-state index in [2.05, 4.69) is 216 Å². The Labute approximate surface area is 422 Å². The van der Waals surface area contributed by atoms with Crippen molar-refractivity contribution in [2.45, 2.75) is 118 Å². The molecule has 5 heterocycles. The first-order chi connectivity index (χ1) is 32.6. The van der Waals surface area contributed by atoms with Crippen LogP contribution in [0.15, 0.2) is 121 Å². The van der Waals surface area contributed by atoms with Gasteiger partial charge in [-0.2, -0.15) is 6.07 Å². The summed E-state index contributed by atoms with van der Waals surface area (Å²) in [5, 5.41) is 2.23. The van der Waals surface area contributed by atoms with Gasteiger partial charge in [-0.05, 0) is 111 Å². The fraction of sp³-hybridized carbons (Fsp3) is 0.295. The Hall–Kier alpha value is -6.17. The second-order valence-corrected chi connectivity index (χ2v) is 21.6. The fourth-order valence-corrected chi connectivity index (χ4v) is 10.4. The number of imidazole rings is 1. The van der Waals surface area contributed by atoms with Gasteiger partial charge in [0, 0.05) is 74.3 Å². The summed E-state index contributed by atoms with van der Waals surface area (Å²) in [5.74, 6) is 3.84. The van der Waals surface area contributed by atoms with E-state index in [0.29, 0.717) is 23.3 Å². The van der Waals surface area contributed by atoms with Crippen molar-refractivity contribution in [3.05, 3.63) is 168 Å². The van der Waals surface area contributed by atoms with E-state index in [4.69, 9.17) is 14.7 Å². The molecule has 0 N–H and O–H groups in total. The second kappa shape index (κ2) is 17.7. The van der Waals surface area contributed by atoms with Gasteiger partial charge in [0.15, 0.2) is 0 Å². The molecule has 7 nitrogen and oxygen atoms in total. The number of fused-ring (bicyclic) bond motifs is 7. The number of para-hydroxylation sites is 1. The van der Waals surface area contributed by atoms with Gasteiger partial charge in [-0.25, -0.2) is 9.97 Å². The Morgan fingerprint density at radius 3 is 2.10 bits per heavy atom. The number of aromatic nitrogens is 4. The predicted octanol–water partition coefficient (Wildman–Crippen LogP) is 16.2. The zero-order valence-corrected chi connectivity index (χ0v) is 43.8. The van der Waals surface area contributed by atoms with Crippen LogP contribution < -0.4 is 14.5 Å². The Morgan fingerprint density at radius 1 is 0.652 bits per heavy atom. The predicted molar refractivity (Wildman–Crippen MR) is 281 cm³/mol. The average molecular weight is 1090 g/mol. The summed E-state index contributed by atoms with van der Waals surface area (Å²) < 4.78 is 11.7. The Balaban J connectivity index is 0.00000553. The molecule has 0 unspecified atom stereocenters. The Kier molecular flexibility index (Phi) is 11.9.